The highest BCUT2D eigenvalue weighted by atomic mass is 19.1. The predicted octanol–water partition coefficient (Wildman–Crippen LogP) is 5.14. The van der Waals surface area contributed by atoms with Crippen LogP contribution in [0.4, 0.5) is 18.0 Å². The van der Waals surface area contributed by atoms with Gasteiger partial charge in [-0.05, 0) is 81.0 Å². The van der Waals surface area contributed by atoms with E-state index in [1.54, 1.807) is 32.9 Å². The van der Waals surface area contributed by atoms with Crippen LogP contribution in [-0.4, -0.2) is 35.2 Å². The molecule has 2 amide bonds. The topological polar surface area (TPSA) is 83.2 Å². The first-order chi connectivity index (χ1) is 16.0. The van der Waals surface area contributed by atoms with Crippen LogP contribution in [0, 0.1) is 17.5 Å². The van der Waals surface area contributed by atoms with Crippen molar-refractivity contribution in [3.63, 3.8) is 0 Å². The number of H-pyrrole nitrogens is 1. The maximum Gasteiger partial charge on any atom is 0.408 e. The van der Waals surface area contributed by atoms with E-state index in [0.717, 1.165) is 11.6 Å². The number of halogens is 3. The number of hydrogen-bond acceptors (Lipinski definition) is 3. The summed E-state index contributed by atoms with van der Waals surface area (Å²) in [6.07, 6.45) is 0.426. The Kier molecular flexibility index (Phi) is 6.29. The van der Waals surface area contributed by atoms with Gasteiger partial charge in [0.05, 0.1) is 11.2 Å². The lowest BCUT2D eigenvalue weighted by Gasteiger charge is -2.36. The molecule has 34 heavy (non-hydrogen) atoms. The number of aromatic amines is 1. The van der Waals surface area contributed by atoms with E-state index in [2.05, 4.69) is 15.6 Å². The number of rotatable bonds is 5. The second-order valence-electron chi connectivity index (χ2n) is 9.52. The highest BCUT2D eigenvalue weighted by Gasteiger charge is 2.35. The molecule has 6 nitrogen and oxygen atoms in total. The fourth-order valence-corrected chi connectivity index (χ4v) is 4.23. The van der Waals surface area contributed by atoms with Gasteiger partial charge in [0.15, 0.2) is 0 Å². The Balaban J connectivity index is 1.47. The minimum absolute atomic E-state index is 0.0703. The molecule has 0 spiro atoms. The SMILES string of the molecule is CC(C)(C)OC(=O)NCC(=O)NC1CC(c2c(-c3ccc(F)cc3)[nH]c3c(F)cc(F)cc23)C1. The molecule has 180 valence electrons. The van der Waals surface area contributed by atoms with Gasteiger partial charge in [0, 0.05) is 17.5 Å². The fraction of sp³-hybridized carbons (Fsp3) is 0.360. The van der Waals surface area contributed by atoms with Crippen LogP contribution in [0.25, 0.3) is 22.2 Å². The van der Waals surface area contributed by atoms with Crippen molar-refractivity contribution >= 4 is 22.9 Å². The summed E-state index contributed by atoms with van der Waals surface area (Å²) in [5, 5.41) is 5.69. The number of hydrogen-bond donors (Lipinski definition) is 3. The molecule has 3 N–H and O–H groups in total. The van der Waals surface area contributed by atoms with Gasteiger partial charge in [-0.3, -0.25) is 4.79 Å². The minimum Gasteiger partial charge on any atom is -0.444 e. The molecular weight excluding hydrogens is 447 g/mol. The van der Waals surface area contributed by atoms with E-state index in [1.807, 2.05) is 0 Å². The summed E-state index contributed by atoms with van der Waals surface area (Å²) in [6, 6.07) is 7.73. The maximum atomic E-state index is 14.5. The lowest BCUT2D eigenvalue weighted by atomic mass is 9.74. The normalized spacial score (nSPS) is 17.8. The standard InChI is InChI=1S/C25H26F3N3O3/c1-25(2,3)34-24(33)29-12-20(32)30-17-8-14(9-17)21-18-10-16(27)11-19(28)23(18)31-22(21)13-4-6-15(26)7-5-13/h4-7,10-11,14,17,31H,8-9,12H2,1-3H3,(H,29,33)(H,30,32). The van der Waals surface area contributed by atoms with Crippen molar-refractivity contribution in [3.05, 3.63) is 59.4 Å². The third-order valence-corrected chi connectivity index (χ3v) is 5.70. The number of fused-ring (bicyclic) bond motifs is 1. The lowest BCUT2D eigenvalue weighted by Crippen LogP contribution is -2.47. The molecule has 0 radical (unpaired) electrons. The second kappa shape index (κ2) is 9.04. The number of aromatic nitrogens is 1. The summed E-state index contributed by atoms with van der Waals surface area (Å²) < 4.78 is 47.0. The third kappa shape index (κ3) is 5.18. The molecule has 1 aliphatic carbocycles. The summed E-state index contributed by atoms with van der Waals surface area (Å²) in [6.45, 7) is 4.96. The summed E-state index contributed by atoms with van der Waals surface area (Å²) in [5.74, 6) is -2.22. The van der Waals surface area contributed by atoms with Crippen LogP contribution < -0.4 is 10.6 Å². The molecule has 1 aliphatic rings. The van der Waals surface area contributed by atoms with Crippen molar-refractivity contribution in [2.75, 3.05) is 6.54 Å². The number of nitrogens with one attached hydrogen (secondary N) is 3. The van der Waals surface area contributed by atoms with Gasteiger partial charge in [-0.1, -0.05) is 0 Å². The van der Waals surface area contributed by atoms with Crippen molar-refractivity contribution in [1.29, 1.82) is 0 Å². The van der Waals surface area contributed by atoms with Crippen LogP contribution in [0.2, 0.25) is 0 Å². The highest BCUT2D eigenvalue weighted by Crippen LogP contribution is 2.45. The zero-order valence-corrected chi connectivity index (χ0v) is 19.1. The average molecular weight is 473 g/mol. The van der Waals surface area contributed by atoms with Crippen LogP contribution in [-0.2, 0) is 9.53 Å². The first kappa shape index (κ1) is 23.7. The number of ether oxygens (including phenoxy) is 1. The Bertz CT molecular complexity index is 1230. The average Bonchev–Trinajstić information content (AvgIpc) is 3.07. The van der Waals surface area contributed by atoms with Crippen LogP contribution in [0.1, 0.15) is 45.1 Å². The van der Waals surface area contributed by atoms with Crippen molar-refractivity contribution < 1.29 is 27.5 Å². The maximum absolute atomic E-state index is 14.5. The van der Waals surface area contributed by atoms with Crippen LogP contribution in [0.15, 0.2) is 36.4 Å². The fourth-order valence-electron chi connectivity index (χ4n) is 4.23. The number of alkyl carbamates (subject to hydrolysis) is 1. The van der Waals surface area contributed by atoms with Crippen LogP contribution >= 0.6 is 0 Å². The van der Waals surface area contributed by atoms with Gasteiger partial charge in [0.25, 0.3) is 0 Å². The Morgan fingerprint density at radius 3 is 2.38 bits per heavy atom. The summed E-state index contributed by atoms with van der Waals surface area (Å²) >= 11 is 0. The molecular formula is C25H26F3N3O3. The van der Waals surface area contributed by atoms with Crippen molar-refractivity contribution in [1.82, 2.24) is 15.6 Å². The van der Waals surface area contributed by atoms with Gasteiger partial charge in [-0.15, -0.1) is 0 Å². The van der Waals surface area contributed by atoms with Crippen molar-refractivity contribution in [2.45, 2.75) is 51.2 Å². The Morgan fingerprint density at radius 2 is 1.74 bits per heavy atom. The first-order valence-corrected chi connectivity index (χ1v) is 11.0. The smallest absolute Gasteiger partial charge is 0.408 e. The minimum atomic E-state index is -0.706. The van der Waals surface area contributed by atoms with E-state index in [4.69, 9.17) is 4.74 Å². The third-order valence-electron chi connectivity index (χ3n) is 5.70. The van der Waals surface area contributed by atoms with E-state index >= 15 is 0 Å². The molecule has 2 aromatic carbocycles. The summed E-state index contributed by atoms with van der Waals surface area (Å²) in [7, 11) is 0. The molecule has 0 atom stereocenters. The zero-order chi connectivity index (χ0) is 24.6. The molecule has 1 saturated carbocycles. The number of carbonyl (C=O) groups excluding carboxylic acids is 2. The van der Waals surface area contributed by atoms with Gasteiger partial charge < -0.3 is 20.4 Å². The molecule has 0 saturated heterocycles. The van der Waals surface area contributed by atoms with E-state index in [0.29, 0.717) is 29.5 Å². The summed E-state index contributed by atoms with van der Waals surface area (Å²) in [5.41, 5.74) is 1.51. The largest absolute Gasteiger partial charge is 0.444 e. The molecule has 3 aromatic rings. The molecule has 1 heterocycles. The Morgan fingerprint density at radius 1 is 1.06 bits per heavy atom. The lowest BCUT2D eigenvalue weighted by molar-refractivity contribution is -0.121. The van der Waals surface area contributed by atoms with Gasteiger partial charge in [0.2, 0.25) is 5.91 Å². The molecule has 4 rings (SSSR count). The van der Waals surface area contributed by atoms with Gasteiger partial charge in [-0.2, -0.15) is 0 Å². The van der Waals surface area contributed by atoms with E-state index in [9.17, 15) is 22.8 Å². The zero-order valence-electron chi connectivity index (χ0n) is 19.1. The highest BCUT2D eigenvalue weighted by molar-refractivity contribution is 5.92. The predicted molar refractivity (Wildman–Crippen MR) is 122 cm³/mol. The molecule has 1 fully saturated rings. The Hall–Kier alpha value is -3.49. The second-order valence-corrected chi connectivity index (χ2v) is 9.52. The van der Waals surface area contributed by atoms with E-state index in [-0.39, 0.29) is 29.9 Å². The number of benzene rings is 2. The number of carbonyl (C=O) groups is 2. The number of amides is 2. The van der Waals surface area contributed by atoms with Crippen molar-refractivity contribution in [3.8, 4) is 11.3 Å². The van der Waals surface area contributed by atoms with Gasteiger partial charge in [0.1, 0.15) is 29.6 Å². The quantitative estimate of drug-likeness (QED) is 0.480. The molecule has 0 unspecified atom stereocenters. The molecule has 0 aliphatic heterocycles. The monoisotopic (exact) mass is 473 g/mol. The Labute approximate surface area is 194 Å². The molecule has 1 aromatic heterocycles. The van der Waals surface area contributed by atoms with Crippen molar-refractivity contribution in [2.24, 2.45) is 0 Å². The van der Waals surface area contributed by atoms with E-state index in [1.165, 1.54) is 18.2 Å². The van der Waals surface area contributed by atoms with Gasteiger partial charge >= 0.3 is 6.09 Å². The van der Waals surface area contributed by atoms with Gasteiger partial charge in [-0.25, -0.2) is 18.0 Å². The molecule has 0 bridgehead atoms. The first-order valence-electron chi connectivity index (χ1n) is 11.0. The molecule has 9 heteroatoms. The summed E-state index contributed by atoms with van der Waals surface area (Å²) in [4.78, 5) is 27.0. The van der Waals surface area contributed by atoms with E-state index < -0.39 is 29.1 Å². The van der Waals surface area contributed by atoms with Crippen LogP contribution in [0.3, 0.4) is 0 Å². The van der Waals surface area contributed by atoms with Crippen LogP contribution in [0.5, 0.6) is 0 Å².